The van der Waals surface area contributed by atoms with Gasteiger partial charge in [-0.05, 0) is 78.5 Å². The van der Waals surface area contributed by atoms with Gasteiger partial charge in [0, 0.05) is 54.0 Å². The van der Waals surface area contributed by atoms with Crippen molar-refractivity contribution in [1.29, 1.82) is 0 Å². The summed E-state index contributed by atoms with van der Waals surface area (Å²) in [5, 5.41) is 4.49. The minimum Gasteiger partial charge on any atom is -0.378 e. The van der Waals surface area contributed by atoms with Crippen molar-refractivity contribution in [3.05, 3.63) is 95.7 Å². The number of nitrogens with one attached hydrogen (secondary N) is 2. The van der Waals surface area contributed by atoms with Crippen molar-refractivity contribution in [3.8, 4) is 0 Å². The molecule has 2 N–H and O–H groups in total. The number of anilines is 2. The Morgan fingerprint density at radius 2 is 1.61 bits per heavy atom. The van der Waals surface area contributed by atoms with Gasteiger partial charge in [-0.3, -0.25) is 9.59 Å². The summed E-state index contributed by atoms with van der Waals surface area (Å²) < 4.78 is 5.50. The van der Waals surface area contributed by atoms with Gasteiger partial charge in [0.05, 0.1) is 13.2 Å². The minimum atomic E-state index is -0.888. The highest BCUT2D eigenvalue weighted by molar-refractivity contribution is 6.01. The van der Waals surface area contributed by atoms with Crippen LogP contribution in [0.4, 0.5) is 11.4 Å². The predicted octanol–water partition coefficient (Wildman–Crippen LogP) is 7.42. The molecule has 1 saturated heterocycles. The summed E-state index contributed by atoms with van der Waals surface area (Å²) in [6, 6.07) is 26.7. The lowest BCUT2D eigenvalue weighted by molar-refractivity contribution is -0.146. The molecule has 1 aromatic heterocycles. The lowest BCUT2D eigenvalue weighted by Gasteiger charge is -2.40. The van der Waals surface area contributed by atoms with Crippen LogP contribution >= 0.6 is 0 Å². The first-order valence-corrected chi connectivity index (χ1v) is 16.9. The van der Waals surface area contributed by atoms with Gasteiger partial charge in [-0.1, -0.05) is 75.2 Å². The Hall–Kier alpha value is -4.10. The molecule has 7 nitrogen and oxygen atoms in total. The van der Waals surface area contributed by atoms with E-state index in [1.54, 1.807) is 0 Å². The Morgan fingerprint density at radius 1 is 0.935 bits per heavy atom. The number of aromatic amines is 1. The number of hydrogen-bond acceptors (Lipinski definition) is 4. The number of H-pyrrole nitrogens is 1. The fraction of sp³-hybridized carbons (Fsp3) is 0.436. The Morgan fingerprint density at radius 3 is 2.33 bits per heavy atom. The molecule has 3 fully saturated rings. The van der Waals surface area contributed by atoms with Gasteiger partial charge in [0.1, 0.15) is 5.54 Å². The Balaban J connectivity index is 1.15. The van der Waals surface area contributed by atoms with E-state index in [0.717, 1.165) is 61.6 Å². The molecule has 2 heterocycles. The second-order valence-electron chi connectivity index (χ2n) is 14.1. The summed E-state index contributed by atoms with van der Waals surface area (Å²) >= 11 is 0. The van der Waals surface area contributed by atoms with Crippen LogP contribution in [-0.2, 0) is 20.9 Å². The molecule has 0 radical (unpaired) electrons. The zero-order valence-electron chi connectivity index (χ0n) is 27.4. The number of amides is 2. The van der Waals surface area contributed by atoms with Gasteiger partial charge >= 0.3 is 0 Å². The van der Waals surface area contributed by atoms with Crippen LogP contribution in [0, 0.1) is 18.3 Å². The summed E-state index contributed by atoms with van der Waals surface area (Å²) in [6.07, 6.45) is 3.61. The van der Waals surface area contributed by atoms with Gasteiger partial charge in [-0.25, -0.2) is 0 Å². The van der Waals surface area contributed by atoms with Gasteiger partial charge in [0.15, 0.2) is 0 Å². The highest BCUT2D eigenvalue weighted by Crippen LogP contribution is 2.67. The van der Waals surface area contributed by atoms with Crippen molar-refractivity contribution in [3.63, 3.8) is 0 Å². The summed E-state index contributed by atoms with van der Waals surface area (Å²) in [5.41, 5.74) is 5.70. The average Bonchev–Trinajstić information content (AvgIpc) is 3.42. The van der Waals surface area contributed by atoms with Crippen molar-refractivity contribution in [2.45, 2.75) is 70.9 Å². The maximum absolute atomic E-state index is 14.6. The smallest absolute Gasteiger partial charge is 0.250 e. The molecule has 7 rings (SSSR count). The van der Waals surface area contributed by atoms with Crippen molar-refractivity contribution in [2.75, 3.05) is 36.5 Å². The SMILES string of the molecule is Cc1[nH]c2ccccc2c1[C@@H]1[C@@H](CC(=O)N(Cc2ccccc2)C2(C(=O)Nc3ccc(N4CCOCC4)cc3)CCCC2)C1(C)C. The topological polar surface area (TPSA) is 77.7 Å². The van der Waals surface area contributed by atoms with Gasteiger partial charge in [0.2, 0.25) is 11.8 Å². The molecule has 7 heteroatoms. The summed E-state index contributed by atoms with van der Waals surface area (Å²) in [7, 11) is 0. The van der Waals surface area contributed by atoms with Crippen LogP contribution in [0.5, 0.6) is 0 Å². The zero-order chi connectivity index (χ0) is 31.9. The van der Waals surface area contributed by atoms with E-state index < -0.39 is 5.54 Å². The maximum atomic E-state index is 14.6. The van der Waals surface area contributed by atoms with E-state index in [9.17, 15) is 9.59 Å². The first-order chi connectivity index (χ1) is 22.3. The molecule has 240 valence electrons. The van der Waals surface area contributed by atoms with E-state index in [1.165, 1.54) is 16.6 Å². The molecule has 2 amide bonds. The van der Waals surface area contributed by atoms with Gasteiger partial charge in [-0.15, -0.1) is 0 Å². The van der Waals surface area contributed by atoms with Crippen LogP contribution in [-0.4, -0.2) is 53.5 Å². The van der Waals surface area contributed by atoms with E-state index in [1.807, 2.05) is 35.2 Å². The fourth-order valence-electron chi connectivity index (χ4n) is 8.34. The normalized spacial score (nSPS) is 21.7. The van der Waals surface area contributed by atoms with Crippen LogP contribution < -0.4 is 10.2 Å². The van der Waals surface area contributed by atoms with Crippen LogP contribution in [0.2, 0.25) is 0 Å². The monoisotopic (exact) mass is 618 g/mol. The Bertz CT molecular complexity index is 1700. The van der Waals surface area contributed by atoms with Crippen LogP contribution in [0.3, 0.4) is 0 Å². The van der Waals surface area contributed by atoms with E-state index in [2.05, 4.69) is 84.5 Å². The standard InChI is InChI=1S/C39H46N4O3/c1-27-35(31-13-7-8-14-33(31)40-27)36-32(38(36,2)3)25-34(44)43(26-28-11-5-4-6-12-28)39(19-9-10-20-39)37(45)41-29-15-17-30(18-16-29)42-21-23-46-24-22-42/h4-8,11-18,32,36,40H,9-10,19-26H2,1-3H3,(H,41,45)/t32-,36+/m1/s1. The number of carbonyl (C=O) groups excluding carboxylic acids is 2. The lowest BCUT2D eigenvalue weighted by atomic mass is 9.91. The largest absolute Gasteiger partial charge is 0.378 e. The third-order valence-corrected chi connectivity index (χ3v) is 11.1. The fourth-order valence-corrected chi connectivity index (χ4v) is 8.34. The highest BCUT2D eigenvalue weighted by atomic mass is 16.5. The summed E-state index contributed by atoms with van der Waals surface area (Å²) in [5.74, 6) is 0.476. The number of para-hydroxylation sites is 1. The molecule has 3 aromatic carbocycles. The lowest BCUT2D eigenvalue weighted by Crippen LogP contribution is -2.57. The molecule has 4 aromatic rings. The third kappa shape index (κ3) is 5.59. The second-order valence-corrected chi connectivity index (χ2v) is 14.1. The van der Waals surface area contributed by atoms with Crippen molar-refractivity contribution < 1.29 is 14.3 Å². The van der Waals surface area contributed by atoms with Gasteiger partial charge in [-0.2, -0.15) is 0 Å². The quantitative estimate of drug-likeness (QED) is 0.205. The molecule has 0 bridgehead atoms. The molecule has 2 aliphatic carbocycles. The second kappa shape index (κ2) is 12.3. The maximum Gasteiger partial charge on any atom is 0.250 e. The van der Waals surface area contributed by atoms with Crippen LogP contribution in [0.25, 0.3) is 10.9 Å². The number of carbonyl (C=O) groups is 2. The first kappa shape index (κ1) is 30.5. The number of aryl methyl sites for hydroxylation is 1. The number of aromatic nitrogens is 1. The number of morpholine rings is 1. The number of fused-ring (bicyclic) bond motifs is 1. The van der Waals surface area contributed by atoms with Crippen LogP contribution in [0.1, 0.15) is 68.7 Å². The van der Waals surface area contributed by atoms with Crippen molar-refractivity contribution in [1.82, 2.24) is 9.88 Å². The molecule has 2 saturated carbocycles. The van der Waals surface area contributed by atoms with E-state index in [-0.39, 0.29) is 29.1 Å². The summed E-state index contributed by atoms with van der Waals surface area (Å²) in [4.78, 5) is 36.9. The molecule has 0 spiro atoms. The number of benzene rings is 3. The van der Waals surface area contributed by atoms with Crippen molar-refractivity contribution >= 4 is 34.1 Å². The molecule has 0 unspecified atom stereocenters. The average molecular weight is 619 g/mol. The molecule has 1 aliphatic heterocycles. The van der Waals surface area contributed by atoms with Crippen molar-refractivity contribution in [2.24, 2.45) is 11.3 Å². The number of rotatable bonds is 9. The number of nitrogens with zero attached hydrogens (tertiary/aromatic N) is 2. The van der Waals surface area contributed by atoms with E-state index in [0.29, 0.717) is 25.8 Å². The number of ether oxygens (including phenoxy) is 1. The highest BCUT2D eigenvalue weighted by Gasteiger charge is 2.60. The molecule has 2 atom stereocenters. The summed E-state index contributed by atoms with van der Waals surface area (Å²) in [6.45, 7) is 10.3. The molecular weight excluding hydrogens is 572 g/mol. The number of hydrogen-bond donors (Lipinski definition) is 2. The third-order valence-electron chi connectivity index (χ3n) is 11.1. The predicted molar refractivity (Wildman–Crippen MR) is 184 cm³/mol. The molecule has 3 aliphatic rings. The van der Waals surface area contributed by atoms with Gasteiger partial charge in [0.25, 0.3) is 0 Å². The Kier molecular flexibility index (Phi) is 8.14. The van der Waals surface area contributed by atoms with E-state index >= 15 is 0 Å². The Labute approximate surface area is 272 Å². The van der Waals surface area contributed by atoms with Gasteiger partial charge < -0.3 is 24.8 Å². The molecular formula is C39H46N4O3. The van der Waals surface area contributed by atoms with Crippen LogP contribution in [0.15, 0.2) is 78.9 Å². The molecule has 46 heavy (non-hydrogen) atoms. The van der Waals surface area contributed by atoms with E-state index in [4.69, 9.17) is 4.74 Å². The minimum absolute atomic E-state index is 0.0167. The zero-order valence-corrected chi connectivity index (χ0v) is 27.4. The first-order valence-electron chi connectivity index (χ1n) is 16.9.